The topological polar surface area (TPSA) is 76.2 Å². The van der Waals surface area contributed by atoms with Gasteiger partial charge < -0.3 is 9.52 Å². The zero-order valence-corrected chi connectivity index (χ0v) is 42.4. The van der Waals surface area contributed by atoms with Gasteiger partial charge in [0.15, 0.2) is 5.78 Å². The maximum Gasteiger partial charge on any atom is 0.162 e. The van der Waals surface area contributed by atoms with Crippen LogP contribution in [-0.4, -0.2) is 28.9 Å². The van der Waals surface area contributed by atoms with E-state index in [9.17, 15) is 9.90 Å². The minimum atomic E-state index is -1.92. The molecule has 60 heavy (non-hydrogen) atoms. The molecule has 3 aromatic carbocycles. The van der Waals surface area contributed by atoms with Crippen molar-refractivity contribution in [3.8, 4) is 11.3 Å². The number of aliphatic hydroxyl groups excluding tert-OH is 1. The van der Waals surface area contributed by atoms with Gasteiger partial charge in [0.05, 0.1) is 19.5 Å². The number of hydrogen-bond acceptors (Lipinski definition) is 5. The fourth-order valence-corrected chi connectivity index (χ4v) is 17.4. The molecule has 1 radical (unpaired) electrons. The van der Waals surface area contributed by atoms with Gasteiger partial charge in [-0.1, -0.05) is 136 Å². The third-order valence-corrected chi connectivity index (χ3v) is 19.5. The van der Waals surface area contributed by atoms with Crippen LogP contribution in [0.1, 0.15) is 146 Å². The van der Waals surface area contributed by atoms with E-state index in [-0.39, 0.29) is 43.5 Å². The minimum Gasteiger partial charge on any atom is -0.512 e. The van der Waals surface area contributed by atoms with E-state index in [2.05, 4.69) is 110 Å². The van der Waals surface area contributed by atoms with Crippen molar-refractivity contribution < 1.29 is 34.4 Å². The van der Waals surface area contributed by atoms with Gasteiger partial charge in [0.1, 0.15) is 23.0 Å². The summed E-state index contributed by atoms with van der Waals surface area (Å²) in [6.07, 6.45) is 11.7. The molecule has 6 rings (SSSR count). The Morgan fingerprint density at radius 2 is 1.42 bits per heavy atom. The van der Waals surface area contributed by atoms with E-state index >= 15 is 0 Å². The number of aliphatic hydroxyl groups is 1. The number of benzene rings is 3. The van der Waals surface area contributed by atoms with E-state index < -0.39 is 8.07 Å². The molecule has 329 valence electrons. The Morgan fingerprint density at radius 1 is 0.833 bits per heavy atom. The Hall–Kier alpha value is -3.12. The Bertz CT molecular complexity index is 2160. The second-order valence-corrected chi connectivity index (χ2v) is 24.2. The van der Waals surface area contributed by atoms with Crippen LogP contribution in [0.4, 0.5) is 0 Å². The monoisotopic (exact) mass is 1010 g/mol. The van der Waals surface area contributed by atoms with Gasteiger partial charge in [0, 0.05) is 43.4 Å². The van der Waals surface area contributed by atoms with Gasteiger partial charge in [-0.3, -0.25) is 9.78 Å². The third kappa shape index (κ3) is 11.9. The molecule has 1 fully saturated rings. The molecule has 0 aliphatic heterocycles. The fraction of sp³-hybridized carbons (Fsp3) is 0.566. The first-order valence-corrected chi connectivity index (χ1v) is 25.7. The fourth-order valence-electron chi connectivity index (χ4n) is 10.3. The predicted octanol–water partition coefficient (Wildman–Crippen LogP) is 15.2. The van der Waals surface area contributed by atoms with E-state index in [1.807, 2.05) is 27.7 Å². The van der Waals surface area contributed by atoms with Gasteiger partial charge in [0.25, 0.3) is 0 Å². The first-order chi connectivity index (χ1) is 28.0. The quantitative estimate of drug-likeness (QED) is 0.0461. The van der Waals surface area contributed by atoms with Crippen molar-refractivity contribution in [1.82, 2.24) is 9.97 Å². The number of furan rings is 1. The van der Waals surface area contributed by atoms with Crippen molar-refractivity contribution >= 4 is 51.9 Å². The summed E-state index contributed by atoms with van der Waals surface area (Å²) in [6.45, 7) is 27.3. The molecule has 2 aromatic heterocycles. The molecule has 0 bridgehead atoms. The molecular formula is C53H75IrN2O3Si-. The number of fused-ring (bicyclic) bond motifs is 4. The van der Waals surface area contributed by atoms with Crippen molar-refractivity contribution in [2.24, 2.45) is 35.0 Å². The summed E-state index contributed by atoms with van der Waals surface area (Å²) >= 11 is 0. The van der Waals surface area contributed by atoms with E-state index in [4.69, 9.17) is 14.4 Å². The summed E-state index contributed by atoms with van der Waals surface area (Å²) in [6, 6.07) is 25.9. The number of aromatic nitrogens is 2. The van der Waals surface area contributed by atoms with Gasteiger partial charge in [0.2, 0.25) is 0 Å². The number of carbonyl (C=O) groups is 1. The maximum atomic E-state index is 11.7. The summed E-state index contributed by atoms with van der Waals surface area (Å²) in [5.74, 6) is 3.10. The SMILES string of the molecule is CC(C)C[Si](CC(C)C)(CC(C)C)c1cc(-c2ncnc3c2oc2cc(C4CCC(C)(C)CC4)ccc23)[c-]c2ccccc12.CCC(CC)C(=O)/C=C(\O)C(CC)CC.[Ir]. The summed E-state index contributed by atoms with van der Waals surface area (Å²) < 4.78 is 6.71. The van der Waals surface area contributed by atoms with Gasteiger partial charge in [-0.15, -0.1) is 28.8 Å². The Morgan fingerprint density at radius 3 is 1.98 bits per heavy atom. The number of rotatable bonds is 16. The Kier molecular flexibility index (Phi) is 18.0. The zero-order chi connectivity index (χ0) is 43.1. The average Bonchev–Trinajstić information content (AvgIpc) is 3.56. The van der Waals surface area contributed by atoms with Crippen LogP contribution in [0.25, 0.3) is 44.1 Å². The van der Waals surface area contributed by atoms with E-state index in [0.29, 0.717) is 29.1 Å². The summed E-state index contributed by atoms with van der Waals surface area (Å²) in [4.78, 5) is 21.4. The first kappa shape index (κ1) is 49.5. The Labute approximate surface area is 377 Å². The normalized spacial score (nSPS) is 15.1. The Balaban J connectivity index is 0.000000425. The number of nitrogens with zero attached hydrogens (tertiary/aromatic N) is 2. The molecule has 1 saturated carbocycles. The molecule has 1 N–H and O–H groups in total. The minimum absolute atomic E-state index is 0. The van der Waals surface area contributed by atoms with Crippen LogP contribution >= 0.6 is 0 Å². The molecule has 0 saturated heterocycles. The first-order valence-electron chi connectivity index (χ1n) is 23.1. The summed E-state index contributed by atoms with van der Waals surface area (Å²) in [5.41, 5.74) is 6.36. The summed E-state index contributed by atoms with van der Waals surface area (Å²) in [5, 5.41) is 15.0. The van der Waals surface area contributed by atoms with Crippen LogP contribution in [0.15, 0.2) is 71.1 Å². The van der Waals surface area contributed by atoms with Crippen molar-refractivity contribution in [1.29, 1.82) is 0 Å². The van der Waals surface area contributed by atoms with Crippen LogP contribution in [0, 0.1) is 41.1 Å². The summed E-state index contributed by atoms with van der Waals surface area (Å²) in [7, 11) is -1.92. The van der Waals surface area contributed by atoms with Crippen molar-refractivity contribution in [3.05, 3.63) is 78.3 Å². The number of allylic oxidation sites excluding steroid dienone is 2. The zero-order valence-electron chi connectivity index (χ0n) is 39.0. The van der Waals surface area contributed by atoms with E-state index in [1.54, 1.807) is 11.5 Å². The van der Waals surface area contributed by atoms with Gasteiger partial charge >= 0.3 is 0 Å². The molecule has 5 nitrogen and oxygen atoms in total. The molecule has 1 aliphatic rings. The third-order valence-electron chi connectivity index (χ3n) is 13.2. The van der Waals surface area contributed by atoms with Crippen molar-refractivity contribution in [2.45, 2.75) is 159 Å². The van der Waals surface area contributed by atoms with Crippen molar-refractivity contribution in [3.63, 3.8) is 0 Å². The average molecular weight is 1010 g/mol. The molecular weight excluding hydrogens is 933 g/mol. The molecule has 2 heterocycles. The molecule has 0 atom stereocenters. The van der Waals surface area contributed by atoms with E-state index in [0.717, 1.165) is 59.0 Å². The largest absolute Gasteiger partial charge is 0.512 e. The molecule has 1 aliphatic carbocycles. The number of hydrogen-bond donors (Lipinski definition) is 1. The van der Waals surface area contributed by atoms with Crippen LogP contribution in [-0.2, 0) is 24.9 Å². The molecule has 5 aromatic rings. The van der Waals surface area contributed by atoms with Crippen LogP contribution in [0.3, 0.4) is 0 Å². The van der Waals surface area contributed by atoms with Gasteiger partial charge in [-0.05, 0) is 98.1 Å². The molecule has 0 spiro atoms. The van der Waals surface area contributed by atoms with Crippen molar-refractivity contribution in [2.75, 3.05) is 0 Å². The second kappa shape index (κ2) is 21.8. The van der Waals surface area contributed by atoms with Gasteiger partial charge in [-0.2, -0.15) is 0 Å². The van der Waals surface area contributed by atoms with Crippen LogP contribution in [0.2, 0.25) is 18.1 Å². The second-order valence-electron chi connectivity index (χ2n) is 19.9. The standard InChI is InChI=1S/C40H51N2OSi.C13H24O2.Ir/c1-26(2)22-44(23-27(3)4,24-28(5)6)36-21-32(19-31-11-9-10-12-33(31)36)37-39-38(42-25-41-37)34-14-13-30(20-35(34)43-39)29-15-17-40(7,8)18-16-29;1-5-10(6-2)12(14)9-13(15)11(7-3)8-4;/h9-14,20-21,25-29H,15-18,22-24H2,1-8H3;9-11,14H,5-8H2,1-4H3;/q-1;;/b;12-9-;. The smallest absolute Gasteiger partial charge is 0.162 e. The van der Waals surface area contributed by atoms with Gasteiger partial charge in [-0.25, -0.2) is 4.98 Å². The molecule has 0 unspecified atom stereocenters. The molecule has 7 heteroatoms. The van der Waals surface area contributed by atoms with E-state index in [1.165, 1.54) is 66.2 Å². The maximum absolute atomic E-state index is 11.7. The predicted molar refractivity (Wildman–Crippen MR) is 254 cm³/mol. The number of carbonyl (C=O) groups excluding carboxylic acids is 1. The van der Waals surface area contributed by atoms with Crippen LogP contribution in [0.5, 0.6) is 0 Å². The molecule has 0 amide bonds. The van der Waals surface area contributed by atoms with Crippen LogP contribution < -0.4 is 5.19 Å². The number of ketones is 1.